The van der Waals surface area contributed by atoms with Gasteiger partial charge in [0.15, 0.2) is 0 Å². The Kier molecular flexibility index (Phi) is 7.99. The molecular formula is C29H42N2P+. The van der Waals surface area contributed by atoms with Crippen molar-refractivity contribution in [1.29, 1.82) is 0 Å². The molecule has 1 aliphatic rings. The van der Waals surface area contributed by atoms with Crippen molar-refractivity contribution in [3.8, 4) is 0 Å². The minimum atomic E-state index is -0.174. The molecule has 1 fully saturated rings. The van der Waals surface area contributed by atoms with Gasteiger partial charge in [-0.25, -0.2) is 9.13 Å². The summed E-state index contributed by atoms with van der Waals surface area (Å²) in [5.41, 5.74) is 5.07. The normalized spacial score (nSPS) is 19.5. The van der Waals surface area contributed by atoms with E-state index in [4.69, 9.17) is 0 Å². The summed E-state index contributed by atoms with van der Waals surface area (Å²) in [4.78, 5) is 0. The summed E-state index contributed by atoms with van der Waals surface area (Å²) in [7, 11) is -0.174. The molecule has 32 heavy (non-hydrogen) atoms. The first-order valence-electron chi connectivity index (χ1n) is 12.0. The van der Waals surface area contributed by atoms with E-state index >= 15 is 0 Å². The lowest BCUT2D eigenvalue weighted by atomic mass is 10.0. The minimum Gasteiger partial charge on any atom is -0.233 e. The van der Waals surface area contributed by atoms with Gasteiger partial charge in [0.25, 0.3) is 0 Å². The Morgan fingerprint density at radius 2 is 1.22 bits per heavy atom. The Bertz CT molecular complexity index is 895. The standard InChI is InChI=1S/C24H30N2P.C5H12/c1-24(2,3)26-17-16-25(18-26)19-27-22(20-10-6-4-7-11-20)14-15-23(27)21-12-8-5-9-13-21;1-5(2,3)4/h4-13,16-18,22-23H,14-15,19H2,1-3H3;1-4H3/q+1;/t22-,23-;/m0./s1. The molecule has 172 valence electrons. The highest BCUT2D eigenvalue weighted by Gasteiger charge is 2.38. The van der Waals surface area contributed by atoms with Crippen LogP contribution in [0.25, 0.3) is 0 Å². The van der Waals surface area contributed by atoms with Gasteiger partial charge in [-0.3, -0.25) is 0 Å². The van der Waals surface area contributed by atoms with Crippen LogP contribution in [0.2, 0.25) is 0 Å². The fourth-order valence-electron chi connectivity index (χ4n) is 4.19. The number of aromatic nitrogens is 2. The maximum atomic E-state index is 2.42. The molecule has 0 spiro atoms. The van der Waals surface area contributed by atoms with E-state index < -0.39 is 0 Å². The molecule has 1 saturated heterocycles. The van der Waals surface area contributed by atoms with Gasteiger partial charge < -0.3 is 0 Å². The Hall–Kier alpha value is -1.92. The quantitative estimate of drug-likeness (QED) is 0.280. The van der Waals surface area contributed by atoms with E-state index in [0.717, 1.165) is 6.29 Å². The molecule has 2 aromatic carbocycles. The van der Waals surface area contributed by atoms with Crippen molar-refractivity contribution in [2.75, 3.05) is 0 Å². The van der Waals surface area contributed by atoms with E-state index in [-0.39, 0.29) is 13.5 Å². The first kappa shape index (κ1) is 24.7. The molecular weight excluding hydrogens is 407 g/mol. The SMILES string of the molecule is CC(C)(C)C.CC(C)(C)n1cc[n+](CP2[C@H](c3ccccc3)CC[C@H]2c2ccccc2)c1. The lowest BCUT2D eigenvalue weighted by molar-refractivity contribution is -0.677. The fourth-order valence-corrected chi connectivity index (χ4v) is 7.64. The van der Waals surface area contributed by atoms with E-state index in [1.54, 1.807) is 0 Å². The topological polar surface area (TPSA) is 8.81 Å². The van der Waals surface area contributed by atoms with Crippen LogP contribution in [0.4, 0.5) is 0 Å². The maximum Gasteiger partial charge on any atom is 0.244 e. The van der Waals surface area contributed by atoms with Crippen molar-refractivity contribution < 1.29 is 4.57 Å². The Balaban J connectivity index is 0.000000523. The number of benzene rings is 2. The summed E-state index contributed by atoms with van der Waals surface area (Å²) in [5.74, 6) is 0. The number of imidazole rings is 1. The highest BCUT2D eigenvalue weighted by Crippen LogP contribution is 2.70. The van der Waals surface area contributed by atoms with Gasteiger partial charge in [-0.05, 0) is 58.1 Å². The van der Waals surface area contributed by atoms with E-state index in [1.165, 1.54) is 24.0 Å². The van der Waals surface area contributed by atoms with Crippen LogP contribution in [0, 0.1) is 5.41 Å². The predicted molar refractivity (Wildman–Crippen MR) is 139 cm³/mol. The molecule has 0 N–H and O–H groups in total. The van der Waals surface area contributed by atoms with Crippen LogP contribution in [-0.2, 0) is 11.8 Å². The molecule has 0 bridgehead atoms. The molecule has 2 nitrogen and oxygen atoms in total. The van der Waals surface area contributed by atoms with Crippen LogP contribution in [0.1, 0.15) is 83.8 Å². The molecule has 0 amide bonds. The molecule has 0 unspecified atom stereocenters. The highest BCUT2D eigenvalue weighted by molar-refractivity contribution is 7.57. The van der Waals surface area contributed by atoms with Crippen LogP contribution in [0.3, 0.4) is 0 Å². The average Bonchev–Trinajstić information content (AvgIpc) is 3.36. The zero-order valence-electron chi connectivity index (χ0n) is 21.1. The van der Waals surface area contributed by atoms with Crippen LogP contribution in [0.15, 0.2) is 79.4 Å². The smallest absolute Gasteiger partial charge is 0.233 e. The Morgan fingerprint density at radius 1 is 0.781 bits per heavy atom. The lowest BCUT2D eigenvalue weighted by Gasteiger charge is -2.25. The van der Waals surface area contributed by atoms with Gasteiger partial charge in [0.2, 0.25) is 6.33 Å². The van der Waals surface area contributed by atoms with Gasteiger partial charge >= 0.3 is 0 Å². The Morgan fingerprint density at radius 3 is 1.59 bits per heavy atom. The van der Waals surface area contributed by atoms with Crippen molar-refractivity contribution in [2.24, 2.45) is 5.41 Å². The zero-order valence-corrected chi connectivity index (χ0v) is 22.0. The van der Waals surface area contributed by atoms with Gasteiger partial charge in [-0.15, -0.1) is 0 Å². The van der Waals surface area contributed by atoms with Crippen molar-refractivity contribution >= 4 is 7.92 Å². The third-order valence-electron chi connectivity index (χ3n) is 5.68. The predicted octanol–water partition coefficient (Wildman–Crippen LogP) is 8.30. The number of nitrogens with zero attached hydrogens (tertiary/aromatic N) is 2. The summed E-state index contributed by atoms with van der Waals surface area (Å²) >= 11 is 0. The zero-order chi connectivity index (χ0) is 23.4. The third kappa shape index (κ3) is 7.04. The van der Waals surface area contributed by atoms with Gasteiger partial charge in [0, 0.05) is 11.3 Å². The third-order valence-corrected chi connectivity index (χ3v) is 9.04. The van der Waals surface area contributed by atoms with Crippen molar-refractivity contribution in [2.45, 2.75) is 84.5 Å². The van der Waals surface area contributed by atoms with Crippen LogP contribution in [-0.4, -0.2) is 4.57 Å². The van der Waals surface area contributed by atoms with Gasteiger partial charge in [-0.2, -0.15) is 0 Å². The monoisotopic (exact) mass is 449 g/mol. The molecule has 0 saturated carbocycles. The second-order valence-electron chi connectivity index (χ2n) is 11.6. The molecule has 4 rings (SSSR count). The van der Waals surface area contributed by atoms with E-state index in [9.17, 15) is 0 Å². The van der Waals surface area contributed by atoms with E-state index in [1.807, 2.05) is 0 Å². The molecule has 1 aromatic heterocycles. The Labute approximate surface area is 197 Å². The van der Waals surface area contributed by atoms with Crippen LogP contribution in [0.5, 0.6) is 0 Å². The van der Waals surface area contributed by atoms with Gasteiger partial charge in [0.1, 0.15) is 24.2 Å². The lowest BCUT2D eigenvalue weighted by Crippen LogP contribution is -2.32. The summed E-state index contributed by atoms with van der Waals surface area (Å²) in [6.07, 6.45) is 10.5. The second-order valence-corrected chi connectivity index (χ2v) is 14.1. The summed E-state index contributed by atoms with van der Waals surface area (Å²) < 4.78 is 4.75. The van der Waals surface area contributed by atoms with Crippen molar-refractivity contribution in [1.82, 2.24) is 4.57 Å². The van der Waals surface area contributed by atoms with Gasteiger partial charge in [0.05, 0.1) is 0 Å². The first-order valence-corrected chi connectivity index (χ1v) is 13.6. The minimum absolute atomic E-state index is 0.131. The molecule has 3 heteroatoms. The summed E-state index contributed by atoms with van der Waals surface area (Å²) in [5, 5.41) is 0. The molecule has 3 aromatic rings. The molecule has 1 aliphatic heterocycles. The van der Waals surface area contributed by atoms with Crippen LogP contribution < -0.4 is 4.57 Å². The van der Waals surface area contributed by atoms with E-state index in [2.05, 4.69) is 137 Å². The fraction of sp³-hybridized carbons (Fsp3) is 0.483. The largest absolute Gasteiger partial charge is 0.244 e. The molecule has 0 radical (unpaired) electrons. The van der Waals surface area contributed by atoms with Gasteiger partial charge in [-0.1, -0.05) is 88.4 Å². The average molecular weight is 450 g/mol. The summed E-state index contributed by atoms with van der Waals surface area (Å²) in [6.45, 7) is 15.5. The van der Waals surface area contributed by atoms with E-state index in [0.29, 0.717) is 16.7 Å². The second kappa shape index (κ2) is 10.3. The maximum absolute atomic E-state index is 2.42. The summed E-state index contributed by atoms with van der Waals surface area (Å²) in [6, 6.07) is 22.4. The molecule has 0 aliphatic carbocycles. The van der Waals surface area contributed by atoms with Crippen LogP contribution >= 0.6 is 7.92 Å². The number of rotatable bonds is 4. The number of hydrogen-bond acceptors (Lipinski definition) is 0. The van der Waals surface area contributed by atoms with Crippen molar-refractivity contribution in [3.63, 3.8) is 0 Å². The van der Waals surface area contributed by atoms with Crippen molar-refractivity contribution in [3.05, 3.63) is 90.5 Å². The molecule has 2 atom stereocenters. The highest BCUT2D eigenvalue weighted by atomic mass is 31.1. The number of hydrogen-bond donors (Lipinski definition) is 0. The molecule has 2 heterocycles. The first-order chi connectivity index (χ1) is 15.0.